The minimum atomic E-state index is -0.687. The molecule has 120 valence electrons. The molecule has 1 aromatic carbocycles. The molecule has 2 rings (SSSR count). The Hall–Kier alpha value is -1.85. The molecule has 22 heavy (non-hydrogen) atoms. The summed E-state index contributed by atoms with van der Waals surface area (Å²) >= 11 is 0. The van der Waals surface area contributed by atoms with E-state index in [0.717, 1.165) is 23.7 Å². The highest BCUT2D eigenvalue weighted by molar-refractivity contribution is 5.85. The van der Waals surface area contributed by atoms with Crippen molar-refractivity contribution in [2.24, 2.45) is 0 Å². The van der Waals surface area contributed by atoms with Crippen molar-refractivity contribution < 1.29 is 19.7 Å². The SMILES string of the molecule is CCCC(OC)C(O)Cc1c(O)cnc2ccc(OC)cc12. The lowest BCUT2D eigenvalue weighted by atomic mass is 9.97. The summed E-state index contributed by atoms with van der Waals surface area (Å²) in [4.78, 5) is 4.21. The molecule has 1 aromatic heterocycles. The number of hydrogen-bond acceptors (Lipinski definition) is 5. The molecule has 0 saturated carbocycles. The summed E-state index contributed by atoms with van der Waals surface area (Å²) in [7, 11) is 3.19. The molecule has 5 nitrogen and oxygen atoms in total. The zero-order valence-corrected chi connectivity index (χ0v) is 13.2. The van der Waals surface area contributed by atoms with Gasteiger partial charge in [0.05, 0.1) is 31.0 Å². The first-order valence-electron chi connectivity index (χ1n) is 7.46. The van der Waals surface area contributed by atoms with Crippen LogP contribution in [0.5, 0.6) is 11.5 Å². The van der Waals surface area contributed by atoms with Gasteiger partial charge in [0.2, 0.25) is 0 Å². The summed E-state index contributed by atoms with van der Waals surface area (Å²) in [5.74, 6) is 0.763. The molecule has 0 aliphatic heterocycles. The van der Waals surface area contributed by atoms with Gasteiger partial charge in [-0.15, -0.1) is 0 Å². The molecule has 2 N–H and O–H groups in total. The van der Waals surface area contributed by atoms with Crippen LogP contribution in [0.3, 0.4) is 0 Å². The van der Waals surface area contributed by atoms with E-state index in [1.165, 1.54) is 6.20 Å². The fourth-order valence-electron chi connectivity index (χ4n) is 2.65. The van der Waals surface area contributed by atoms with Gasteiger partial charge < -0.3 is 19.7 Å². The fourth-order valence-corrected chi connectivity index (χ4v) is 2.65. The second-order valence-electron chi connectivity index (χ2n) is 5.34. The monoisotopic (exact) mass is 305 g/mol. The van der Waals surface area contributed by atoms with Crippen LogP contribution in [0.25, 0.3) is 10.9 Å². The average Bonchev–Trinajstić information content (AvgIpc) is 2.54. The standard InChI is InChI=1S/C17H23NO4/c1-4-5-17(22-3)15(19)9-13-12-8-11(21-2)6-7-14(12)18-10-16(13)20/h6-8,10,15,17,19-20H,4-5,9H2,1-3H3. The van der Waals surface area contributed by atoms with Gasteiger partial charge in [-0.25, -0.2) is 0 Å². The van der Waals surface area contributed by atoms with Gasteiger partial charge in [-0.3, -0.25) is 4.98 Å². The molecule has 0 aliphatic carbocycles. The predicted octanol–water partition coefficient (Wildman–Crippen LogP) is 2.67. The third-order valence-corrected chi connectivity index (χ3v) is 3.88. The van der Waals surface area contributed by atoms with Crippen LogP contribution < -0.4 is 4.74 Å². The summed E-state index contributed by atoms with van der Waals surface area (Å²) in [5.41, 5.74) is 1.42. The highest BCUT2D eigenvalue weighted by atomic mass is 16.5. The van der Waals surface area contributed by atoms with Gasteiger partial charge in [0.1, 0.15) is 11.5 Å². The molecule has 0 amide bonds. The van der Waals surface area contributed by atoms with Gasteiger partial charge in [0.25, 0.3) is 0 Å². The van der Waals surface area contributed by atoms with Crippen LogP contribution in [-0.4, -0.2) is 41.6 Å². The van der Waals surface area contributed by atoms with Gasteiger partial charge >= 0.3 is 0 Å². The number of pyridine rings is 1. The van der Waals surface area contributed by atoms with Crippen molar-refractivity contribution in [1.82, 2.24) is 4.98 Å². The van der Waals surface area contributed by atoms with Crippen LogP contribution in [0, 0.1) is 0 Å². The Morgan fingerprint density at radius 1 is 1.27 bits per heavy atom. The number of nitrogens with zero attached hydrogens (tertiary/aromatic N) is 1. The highest BCUT2D eigenvalue weighted by Crippen LogP contribution is 2.30. The van der Waals surface area contributed by atoms with Crippen LogP contribution in [0.15, 0.2) is 24.4 Å². The zero-order valence-electron chi connectivity index (χ0n) is 13.2. The largest absolute Gasteiger partial charge is 0.506 e. The number of fused-ring (bicyclic) bond motifs is 1. The Balaban J connectivity index is 2.38. The number of aliphatic hydroxyl groups excluding tert-OH is 1. The van der Waals surface area contributed by atoms with Crippen molar-refractivity contribution in [2.45, 2.75) is 38.4 Å². The summed E-state index contributed by atoms with van der Waals surface area (Å²) in [6, 6.07) is 5.48. The second kappa shape index (κ2) is 7.42. The molecule has 0 saturated heterocycles. The maximum absolute atomic E-state index is 10.4. The van der Waals surface area contributed by atoms with Gasteiger partial charge in [0, 0.05) is 24.5 Å². The Kier molecular flexibility index (Phi) is 5.57. The smallest absolute Gasteiger partial charge is 0.137 e. The maximum atomic E-state index is 10.4. The van der Waals surface area contributed by atoms with E-state index < -0.39 is 6.10 Å². The molecule has 5 heteroatoms. The molecule has 0 spiro atoms. The third kappa shape index (κ3) is 3.48. The van der Waals surface area contributed by atoms with Crippen LogP contribution in [-0.2, 0) is 11.2 Å². The van der Waals surface area contributed by atoms with Gasteiger partial charge in [-0.05, 0) is 24.6 Å². The first-order chi connectivity index (χ1) is 10.6. The van der Waals surface area contributed by atoms with Crippen LogP contribution in [0.2, 0.25) is 0 Å². The summed E-state index contributed by atoms with van der Waals surface area (Å²) in [6.45, 7) is 2.04. The lowest BCUT2D eigenvalue weighted by molar-refractivity contribution is -0.0159. The molecule has 2 atom stereocenters. The summed E-state index contributed by atoms with van der Waals surface area (Å²) in [6.07, 6.45) is 2.47. The molecule has 0 bridgehead atoms. The Morgan fingerprint density at radius 2 is 2.05 bits per heavy atom. The second-order valence-corrected chi connectivity index (χ2v) is 5.34. The quantitative estimate of drug-likeness (QED) is 0.823. The first kappa shape index (κ1) is 16.5. The van der Waals surface area contributed by atoms with Gasteiger partial charge in [0.15, 0.2) is 0 Å². The molecule has 2 unspecified atom stereocenters. The molecule has 1 heterocycles. The Labute approximate surface area is 130 Å². The van der Waals surface area contributed by atoms with E-state index in [1.54, 1.807) is 14.2 Å². The van der Waals surface area contributed by atoms with Crippen molar-refractivity contribution in [2.75, 3.05) is 14.2 Å². The number of benzene rings is 1. The molecular formula is C17H23NO4. The highest BCUT2D eigenvalue weighted by Gasteiger charge is 2.21. The topological polar surface area (TPSA) is 71.8 Å². The molecular weight excluding hydrogens is 282 g/mol. The van der Waals surface area contributed by atoms with E-state index in [1.807, 2.05) is 25.1 Å². The van der Waals surface area contributed by atoms with Crippen LogP contribution in [0.4, 0.5) is 0 Å². The average molecular weight is 305 g/mol. The van der Waals surface area contributed by atoms with Crippen molar-refractivity contribution in [3.63, 3.8) is 0 Å². The number of ether oxygens (including phenoxy) is 2. The number of rotatable bonds is 7. The minimum Gasteiger partial charge on any atom is -0.506 e. The Bertz CT molecular complexity index is 629. The first-order valence-corrected chi connectivity index (χ1v) is 7.46. The lowest BCUT2D eigenvalue weighted by Crippen LogP contribution is -2.30. The molecule has 0 radical (unpaired) electrons. The fraction of sp³-hybridized carbons (Fsp3) is 0.471. The number of hydrogen-bond donors (Lipinski definition) is 2. The Morgan fingerprint density at radius 3 is 2.68 bits per heavy atom. The predicted molar refractivity (Wildman–Crippen MR) is 85.4 cm³/mol. The minimum absolute atomic E-state index is 0.0751. The van der Waals surface area contributed by atoms with E-state index in [9.17, 15) is 10.2 Å². The van der Waals surface area contributed by atoms with Gasteiger partial charge in [-0.2, -0.15) is 0 Å². The maximum Gasteiger partial charge on any atom is 0.137 e. The van der Waals surface area contributed by atoms with E-state index in [0.29, 0.717) is 17.7 Å². The van der Waals surface area contributed by atoms with Crippen molar-refractivity contribution >= 4 is 10.9 Å². The van der Waals surface area contributed by atoms with Crippen LogP contribution >= 0.6 is 0 Å². The number of aromatic nitrogens is 1. The summed E-state index contributed by atoms with van der Waals surface area (Å²) in [5, 5.41) is 21.3. The third-order valence-electron chi connectivity index (χ3n) is 3.88. The molecule has 2 aromatic rings. The van der Waals surface area contributed by atoms with Gasteiger partial charge in [-0.1, -0.05) is 13.3 Å². The normalized spacial score (nSPS) is 14.0. The van der Waals surface area contributed by atoms with E-state index in [2.05, 4.69) is 4.98 Å². The van der Waals surface area contributed by atoms with Crippen molar-refractivity contribution in [3.8, 4) is 11.5 Å². The van der Waals surface area contributed by atoms with Crippen LogP contribution in [0.1, 0.15) is 25.3 Å². The molecule has 0 aliphatic rings. The number of aromatic hydroxyl groups is 1. The zero-order chi connectivity index (χ0) is 16.1. The molecule has 0 fully saturated rings. The number of methoxy groups -OCH3 is 2. The number of aliphatic hydroxyl groups is 1. The van der Waals surface area contributed by atoms with Crippen molar-refractivity contribution in [1.29, 1.82) is 0 Å². The van der Waals surface area contributed by atoms with E-state index in [4.69, 9.17) is 9.47 Å². The van der Waals surface area contributed by atoms with E-state index >= 15 is 0 Å². The lowest BCUT2D eigenvalue weighted by Gasteiger charge is -2.22. The van der Waals surface area contributed by atoms with E-state index in [-0.39, 0.29) is 11.9 Å². The summed E-state index contributed by atoms with van der Waals surface area (Å²) < 4.78 is 10.6. The van der Waals surface area contributed by atoms with Crippen molar-refractivity contribution in [3.05, 3.63) is 30.0 Å².